The summed E-state index contributed by atoms with van der Waals surface area (Å²) in [6, 6.07) is 8.66. The number of hydrogen-bond acceptors (Lipinski definition) is 2. The molecule has 98 valence electrons. The summed E-state index contributed by atoms with van der Waals surface area (Å²) in [5, 5.41) is 4.20. The Balaban J connectivity index is 2.17. The Bertz CT molecular complexity index is 393. The highest BCUT2D eigenvalue weighted by atomic mass is 35.5. The molecule has 1 aromatic carbocycles. The molecule has 0 unspecified atom stereocenters. The third kappa shape index (κ3) is 3.58. The first-order valence-electron chi connectivity index (χ1n) is 6.51. The minimum atomic E-state index is 0.432. The van der Waals surface area contributed by atoms with Gasteiger partial charge in [0.15, 0.2) is 0 Å². The molecule has 0 saturated carbocycles. The van der Waals surface area contributed by atoms with E-state index in [1.54, 1.807) is 0 Å². The van der Waals surface area contributed by atoms with Crippen molar-refractivity contribution in [1.82, 2.24) is 10.2 Å². The molecule has 2 rings (SSSR count). The molecule has 0 amide bonds. The highest BCUT2D eigenvalue weighted by Gasteiger charge is 2.21. The van der Waals surface area contributed by atoms with Crippen molar-refractivity contribution in [3.63, 3.8) is 0 Å². The largest absolute Gasteiger partial charge is 0.314 e. The van der Waals surface area contributed by atoms with Gasteiger partial charge in [-0.25, -0.2) is 0 Å². The van der Waals surface area contributed by atoms with Crippen LogP contribution in [-0.4, -0.2) is 31.1 Å². The van der Waals surface area contributed by atoms with E-state index in [2.05, 4.69) is 35.9 Å². The van der Waals surface area contributed by atoms with Crippen molar-refractivity contribution < 1.29 is 0 Å². The number of hydrogen-bond donors (Lipinski definition) is 1. The van der Waals surface area contributed by atoms with Gasteiger partial charge in [0.05, 0.1) is 0 Å². The van der Waals surface area contributed by atoms with Crippen LogP contribution in [0.4, 0.5) is 0 Å². The Labute approximate surface area is 115 Å². The van der Waals surface area contributed by atoms with Crippen LogP contribution in [0.3, 0.4) is 0 Å². The summed E-state index contributed by atoms with van der Waals surface area (Å²) < 4.78 is 0. The highest BCUT2D eigenvalue weighted by molar-refractivity contribution is 6.30. The fourth-order valence-corrected chi connectivity index (χ4v) is 2.59. The number of halogens is 1. The summed E-state index contributed by atoms with van der Waals surface area (Å²) in [5.41, 5.74) is 2.57. The summed E-state index contributed by atoms with van der Waals surface area (Å²) in [4.78, 5) is 2.54. The van der Waals surface area contributed by atoms with Crippen molar-refractivity contribution in [3.8, 4) is 0 Å². The van der Waals surface area contributed by atoms with Crippen molar-refractivity contribution in [2.45, 2.75) is 19.4 Å². The van der Waals surface area contributed by atoms with Crippen LogP contribution in [0, 0.1) is 0 Å². The molecule has 1 fully saturated rings. The minimum Gasteiger partial charge on any atom is -0.314 e. The SMILES string of the molecule is C=C(C)C[C@H](c1ccc(Cl)cc1)N1CCNCC1. The first kappa shape index (κ1) is 13.6. The second kappa shape index (κ2) is 6.37. The van der Waals surface area contributed by atoms with E-state index >= 15 is 0 Å². The molecule has 1 saturated heterocycles. The van der Waals surface area contributed by atoms with E-state index in [-0.39, 0.29) is 0 Å². The van der Waals surface area contributed by atoms with Crippen molar-refractivity contribution in [2.24, 2.45) is 0 Å². The lowest BCUT2D eigenvalue weighted by Crippen LogP contribution is -2.45. The molecule has 0 spiro atoms. The smallest absolute Gasteiger partial charge is 0.0406 e. The normalized spacial score (nSPS) is 18.6. The maximum absolute atomic E-state index is 5.97. The molecule has 1 aliphatic heterocycles. The van der Waals surface area contributed by atoms with E-state index in [0.29, 0.717) is 6.04 Å². The number of benzene rings is 1. The van der Waals surface area contributed by atoms with Crippen LogP contribution in [0.2, 0.25) is 5.02 Å². The van der Waals surface area contributed by atoms with Gasteiger partial charge in [0.25, 0.3) is 0 Å². The number of piperazine rings is 1. The molecule has 0 aromatic heterocycles. The summed E-state index contributed by atoms with van der Waals surface area (Å²) in [5.74, 6) is 0. The number of rotatable bonds is 4. The fourth-order valence-electron chi connectivity index (χ4n) is 2.47. The molecular weight excluding hydrogens is 244 g/mol. The highest BCUT2D eigenvalue weighted by Crippen LogP contribution is 2.28. The molecule has 0 bridgehead atoms. The summed E-state index contributed by atoms with van der Waals surface area (Å²) >= 11 is 5.97. The molecule has 2 nitrogen and oxygen atoms in total. The lowest BCUT2D eigenvalue weighted by atomic mass is 9.98. The first-order chi connectivity index (χ1) is 8.66. The molecule has 0 radical (unpaired) electrons. The monoisotopic (exact) mass is 264 g/mol. The topological polar surface area (TPSA) is 15.3 Å². The van der Waals surface area contributed by atoms with Crippen LogP contribution >= 0.6 is 11.6 Å². The zero-order valence-electron chi connectivity index (χ0n) is 11.0. The van der Waals surface area contributed by atoms with Gasteiger partial charge in [-0.2, -0.15) is 0 Å². The Morgan fingerprint density at radius 1 is 1.33 bits per heavy atom. The zero-order valence-corrected chi connectivity index (χ0v) is 11.7. The first-order valence-corrected chi connectivity index (χ1v) is 6.89. The zero-order chi connectivity index (χ0) is 13.0. The Morgan fingerprint density at radius 3 is 2.50 bits per heavy atom. The van der Waals surface area contributed by atoms with Crippen LogP contribution in [0.5, 0.6) is 0 Å². The van der Waals surface area contributed by atoms with Crippen LogP contribution in [0.25, 0.3) is 0 Å². The van der Waals surface area contributed by atoms with Crippen LogP contribution < -0.4 is 5.32 Å². The van der Waals surface area contributed by atoms with Gasteiger partial charge >= 0.3 is 0 Å². The van der Waals surface area contributed by atoms with E-state index in [1.165, 1.54) is 11.1 Å². The predicted octanol–water partition coefficient (Wildman–Crippen LogP) is 3.25. The maximum atomic E-state index is 5.97. The van der Waals surface area contributed by atoms with Gasteiger partial charge in [0.1, 0.15) is 0 Å². The molecule has 1 atom stereocenters. The van der Waals surface area contributed by atoms with Crippen molar-refractivity contribution in [3.05, 3.63) is 47.0 Å². The summed E-state index contributed by atoms with van der Waals surface area (Å²) in [6.45, 7) is 10.5. The van der Waals surface area contributed by atoms with E-state index < -0.39 is 0 Å². The van der Waals surface area contributed by atoms with Crippen LogP contribution in [0.15, 0.2) is 36.4 Å². The van der Waals surface area contributed by atoms with Gasteiger partial charge < -0.3 is 5.32 Å². The van der Waals surface area contributed by atoms with E-state index in [1.807, 2.05) is 12.1 Å². The van der Waals surface area contributed by atoms with Crippen molar-refractivity contribution in [2.75, 3.05) is 26.2 Å². The van der Waals surface area contributed by atoms with Gasteiger partial charge in [-0.1, -0.05) is 29.3 Å². The number of nitrogens with zero attached hydrogens (tertiary/aromatic N) is 1. The number of nitrogens with one attached hydrogen (secondary N) is 1. The van der Waals surface area contributed by atoms with E-state index in [9.17, 15) is 0 Å². The predicted molar refractivity (Wildman–Crippen MR) is 78.1 cm³/mol. The molecule has 1 N–H and O–H groups in total. The van der Waals surface area contributed by atoms with Gasteiger partial charge in [-0.15, -0.1) is 6.58 Å². The maximum Gasteiger partial charge on any atom is 0.0406 e. The van der Waals surface area contributed by atoms with Gasteiger partial charge in [0, 0.05) is 37.2 Å². The molecular formula is C15H21ClN2. The van der Waals surface area contributed by atoms with Gasteiger partial charge in [-0.3, -0.25) is 4.90 Å². The Morgan fingerprint density at radius 2 is 1.94 bits per heavy atom. The molecule has 1 aliphatic rings. The standard InChI is InChI=1S/C15H21ClN2/c1-12(2)11-15(18-9-7-17-8-10-18)13-3-5-14(16)6-4-13/h3-6,15,17H,1,7-11H2,2H3/t15-/m1/s1. The second-order valence-electron chi connectivity index (χ2n) is 5.01. The lowest BCUT2D eigenvalue weighted by Gasteiger charge is -2.35. The quantitative estimate of drug-likeness (QED) is 0.840. The van der Waals surface area contributed by atoms with Crippen molar-refractivity contribution >= 4 is 11.6 Å². The Kier molecular flexibility index (Phi) is 4.81. The average molecular weight is 265 g/mol. The third-order valence-corrected chi connectivity index (χ3v) is 3.64. The van der Waals surface area contributed by atoms with Crippen LogP contribution in [-0.2, 0) is 0 Å². The lowest BCUT2D eigenvalue weighted by molar-refractivity contribution is 0.172. The van der Waals surface area contributed by atoms with E-state index in [0.717, 1.165) is 37.6 Å². The van der Waals surface area contributed by atoms with Crippen molar-refractivity contribution in [1.29, 1.82) is 0 Å². The third-order valence-electron chi connectivity index (χ3n) is 3.39. The summed E-state index contributed by atoms with van der Waals surface area (Å²) in [6.07, 6.45) is 1.02. The van der Waals surface area contributed by atoms with Gasteiger partial charge in [-0.05, 0) is 31.0 Å². The van der Waals surface area contributed by atoms with Crippen LogP contribution in [0.1, 0.15) is 24.9 Å². The fraction of sp³-hybridized carbons (Fsp3) is 0.467. The molecule has 18 heavy (non-hydrogen) atoms. The summed E-state index contributed by atoms with van der Waals surface area (Å²) in [7, 11) is 0. The molecule has 0 aliphatic carbocycles. The van der Waals surface area contributed by atoms with Gasteiger partial charge in [0.2, 0.25) is 0 Å². The minimum absolute atomic E-state index is 0.432. The van der Waals surface area contributed by atoms with E-state index in [4.69, 9.17) is 11.6 Å². The Hall–Kier alpha value is -0.830. The average Bonchev–Trinajstić information content (AvgIpc) is 2.38. The molecule has 1 heterocycles. The molecule has 1 aromatic rings. The molecule has 3 heteroatoms. The second-order valence-corrected chi connectivity index (χ2v) is 5.45.